The molecule has 138 valence electrons. The fourth-order valence-electron chi connectivity index (χ4n) is 2.99. The van der Waals surface area contributed by atoms with Crippen molar-refractivity contribution >= 4 is 17.3 Å². The highest BCUT2D eigenvalue weighted by Gasteiger charge is 2.29. The molecule has 7 heteroatoms. The van der Waals surface area contributed by atoms with E-state index in [1.165, 1.54) is 24.5 Å². The van der Waals surface area contributed by atoms with Gasteiger partial charge in [0.25, 0.3) is 5.91 Å². The minimum atomic E-state index is -4.36. The average Bonchev–Trinajstić information content (AvgIpc) is 2.90. The Morgan fingerprint density at radius 2 is 1.62 bits per heavy atom. The van der Waals surface area contributed by atoms with E-state index in [0.717, 1.165) is 50.9 Å². The molecule has 4 nitrogen and oxygen atoms in total. The van der Waals surface area contributed by atoms with Crippen molar-refractivity contribution < 1.29 is 18.0 Å². The summed E-state index contributed by atoms with van der Waals surface area (Å²) in [5, 5.41) is 2.99. The van der Waals surface area contributed by atoms with Gasteiger partial charge in [0, 0.05) is 25.0 Å². The van der Waals surface area contributed by atoms with E-state index in [2.05, 4.69) is 10.3 Å². The molecular weight excluding hydrogens is 343 g/mol. The number of carbonyl (C=O) groups excluding carboxylic acids is 1. The summed E-state index contributed by atoms with van der Waals surface area (Å²) in [4.78, 5) is 18.6. The quantitative estimate of drug-likeness (QED) is 0.847. The first-order chi connectivity index (χ1) is 12.4. The average molecular weight is 363 g/mol. The van der Waals surface area contributed by atoms with E-state index in [1.54, 1.807) is 6.07 Å². The molecule has 0 unspecified atom stereocenters. The lowest BCUT2D eigenvalue weighted by Crippen LogP contribution is -2.31. The second-order valence-corrected chi connectivity index (χ2v) is 6.37. The molecule has 1 saturated heterocycles. The number of nitrogens with zero attached hydrogens (tertiary/aromatic N) is 2. The van der Waals surface area contributed by atoms with Gasteiger partial charge < -0.3 is 10.2 Å². The Kier molecular flexibility index (Phi) is 5.44. The van der Waals surface area contributed by atoms with Crippen LogP contribution in [-0.2, 0) is 6.18 Å². The Labute approximate surface area is 150 Å². The highest BCUT2D eigenvalue weighted by molar-refractivity contribution is 5.95. The molecule has 0 saturated carbocycles. The highest BCUT2D eigenvalue weighted by atomic mass is 19.4. The maximum atomic E-state index is 12.6. The van der Waals surface area contributed by atoms with Crippen molar-refractivity contribution in [3.8, 4) is 0 Å². The second kappa shape index (κ2) is 7.76. The van der Waals surface area contributed by atoms with Crippen molar-refractivity contribution in [3.63, 3.8) is 0 Å². The summed E-state index contributed by atoms with van der Waals surface area (Å²) < 4.78 is 37.9. The van der Waals surface area contributed by atoms with E-state index in [4.69, 9.17) is 0 Å². The van der Waals surface area contributed by atoms with E-state index < -0.39 is 11.7 Å². The maximum absolute atomic E-state index is 12.6. The highest BCUT2D eigenvalue weighted by Crippen LogP contribution is 2.30. The summed E-state index contributed by atoms with van der Waals surface area (Å²) >= 11 is 0. The predicted octanol–water partition coefficient (Wildman–Crippen LogP) is 4.86. The lowest BCUT2D eigenvalue weighted by molar-refractivity contribution is -0.137. The summed E-state index contributed by atoms with van der Waals surface area (Å²) in [5.74, 6) is -0.0598. The number of aromatic nitrogens is 1. The molecule has 1 aromatic carbocycles. The first kappa shape index (κ1) is 18.2. The molecule has 3 rings (SSSR count). The fraction of sp³-hybridized carbons (Fsp3) is 0.368. The normalized spacial score (nSPS) is 15.4. The van der Waals surface area contributed by atoms with Gasteiger partial charge in [-0.05, 0) is 43.2 Å². The van der Waals surface area contributed by atoms with Crippen LogP contribution in [0.5, 0.6) is 0 Å². The van der Waals surface area contributed by atoms with E-state index in [1.807, 2.05) is 4.90 Å². The van der Waals surface area contributed by atoms with E-state index in [0.29, 0.717) is 16.9 Å². The Hall–Kier alpha value is -2.57. The molecule has 26 heavy (non-hydrogen) atoms. The molecule has 0 bridgehead atoms. The van der Waals surface area contributed by atoms with E-state index in [-0.39, 0.29) is 5.91 Å². The maximum Gasteiger partial charge on any atom is 0.416 e. The first-order valence-electron chi connectivity index (χ1n) is 8.62. The Morgan fingerprint density at radius 3 is 2.23 bits per heavy atom. The number of amides is 1. The molecule has 0 atom stereocenters. The zero-order valence-electron chi connectivity index (χ0n) is 14.2. The summed E-state index contributed by atoms with van der Waals surface area (Å²) in [5.41, 5.74) is 0.833. The molecule has 1 aliphatic rings. The van der Waals surface area contributed by atoms with E-state index >= 15 is 0 Å². The summed E-state index contributed by atoms with van der Waals surface area (Å²) in [7, 11) is 0. The van der Waals surface area contributed by atoms with Crippen LogP contribution in [0.3, 0.4) is 0 Å². The van der Waals surface area contributed by atoms with Gasteiger partial charge in [0.05, 0.1) is 23.0 Å². The van der Waals surface area contributed by atoms with Crippen molar-refractivity contribution in [1.82, 2.24) is 9.88 Å². The molecule has 2 heterocycles. The van der Waals surface area contributed by atoms with Crippen molar-refractivity contribution in [1.29, 1.82) is 0 Å². The largest absolute Gasteiger partial charge is 0.416 e. The van der Waals surface area contributed by atoms with E-state index in [9.17, 15) is 18.0 Å². The fourth-order valence-corrected chi connectivity index (χ4v) is 2.99. The standard InChI is InChI=1S/C19H20F3N3O/c20-19(21,22)15-5-7-16(8-6-15)24-17-11-14(12-23-13-17)18(26)25-9-3-1-2-4-10-25/h5-8,11-13,24H,1-4,9-10H2. The summed E-state index contributed by atoms with van der Waals surface area (Å²) in [6.07, 6.45) is 2.97. The number of carbonyl (C=O) groups is 1. The van der Waals surface area contributed by atoms with Gasteiger partial charge in [-0.2, -0.15) is 13.2 Å². The van der Waals surface area contributed by atoms with Gasteiger partial charge in [-0.3, -0.25) is 9.78 Å². The number of anilines is 2. The third kappa shape index (κ3) is 4.53. The SMILES string of the molecule is O=C(c1cncc(Nc2ccc(C(F)(F)F)cc2)c1)N1CCCCCC1. The third-order valence-corrected chi connectivity index (χ3v) is 4.38. The van der Waals surface area contributed by atoms with Crippen LogP contribution in [0.25, 0.3) is 0 Å². The number of hydrogen-bond acceptors (Lipinski definition) is 3. The van der Waals surface area contributed by atoms with Crippen molar-refractivity contribution in [2.45, 2.75) is 31.9 Å². The van der Waals surface area contributed by atoms with Gasteiger partial charge in [0.15, 0.2) is 0 Å². The summed E-state index contributed by atoms with van der Waals surface area (Å²) in [6.45, 7) is 1.49. The van der Waals surface area contributed by atoms with Crippen LogP contribution in [0, 0.1) is 0 Å². The number of hydrogen-bond donors (Lipinski definition) is 1. The topological polar surface area (TPSA) is 45.2 Å². The zero-order valence-corrected chi connectivity index (χ0v) is 14.2. The molecule has 0 spiro atoms. The number of benzene rings is 1. The first-order valence-corrected chi connectivity index (χ1v) is 8.62. The van der Waals surface area contributed by atoms with Crippen molar-refractivity contribution in [3.05, 3.63) is 53.9 Å². The Morgan fingerprint density at radius 1 is 0.962 bits per heavy atom. The van der Waals surface area contributed by atoms with Crippen molar-refractivity contribution in [2.75, 3.05) is 18.4 Å². The minimum Gasteiger partial charge on any atom is -0.354 e. The molecule has 2 aromatic rings. The molecule has 1 fully saturated rings. The number of rotatable bonds is 3. The predicted molar refractivity (Wildman–Crippen MR) is 93.3 cm³/mol. The molecule has 0 aliphatic carbocycles. The van der Waals surface area contributed by atoms with Crippen molar-refractivity contribution in [2.24, 2.45) is 0 Å². The molecule has 1 aliphatic heterocycles. The van der Waals surface area contributed by atoms with Crippen LogP contribution < -0.4 is 5.32 Å². The van der Waals surface area contributed by atoms with Crippen LogP contribution in [0.15, 0.2) is 42.7 Å². The van der Waals surface area contributed by atoms with Gasteiger partial charge in [-0.15, -0.1) is 0 Å². The molecule has 0 radical (unpaired) electrons. The molecule has 1 amide bonds. The molecule has 1 N–H and O–H groups in total. The second-order valence-electron chi connectivity index (χ2n) is 6.37. The number of halogens is 3. The van der Waals surface area contributed by atoms with Crippen LogP contribution in [0.2, 0.25) is 0 Å². The lowest BCUT2D eigenvalue weighted by Gasteiger charge is -2.20. The molecular formula is C19H20F3N3O. The summed E-state index contributed by atoms with van der Waals surface area (Å²) in [6, 6.07) is 6.42. The van der Waals surface area contributed by atoms with Crippen LogP contribution in [-0.4, -0.2) is 28.9 Å². The van der Waals surface area contributed by atoms with Crippen LogP contribution >= 0.6 is 0 Å². The van der Waals surface area contributed by atoms with Gasteiger partial charge in [-0.25, -0.2) is 0 Å². The lowest BCUT2D eigenvalue weighted by atomic mass is 10.2. The van der Waals surface area contributed by atoms with Gasteiger partial charge >= 0.3 is 6.18 Å². The van der Waals surface area contributed by atoms with Gasteiger partial charge in [-0.1, -0.05) is 12.8 Å². The number of nitrogens with one attached hydrogen (secondary N) is 1. The Balaban J connectivity index is 1.71. The van der Waals surface area contributed by atoms with Crippen LogP contribution in [0.1, 0.15) is 41.6 Å². The zero-order chi connectivity index (χ0) is 18.6. The number of likely N-dealkylation sites (tertiary alicyclic amines) is 1. The number of pyridine rings is 1. The third-order valence-electron chi connectivity index (χ3n) is 4.38. The monoisotopic (exact) mass is 363 g/mol. The van der Waals surface area contributed by atoms with Crippen LogP contribution in [0.4, 0.5) is 24.5 Å². The van der Waals surface area contributed by atoms with Gasteiger partial charge in [0.1, 0.15) is 0 Å². The molecule has 1 aromatic heterocycles. The number of alkyl halides is 3. The Bertz CT molecular complexity index is 751. The smallest absolute Gasteiger partial charge is 0.354 e. The van der Waals surface area contributed by atoms with Gasteiger partial charge in [0.2, 0.25) is 0 Å². The minimum absolute atomic E-state index is 0.0598.